The number of rotatable bonds is 12. The molecule has 0 bridgehead atoms. The number of nitrogens with zero attached hydrogens (tertiary/aromatic N) is 2. The van der Waals surface area contributed by atoms with Gasteiger partial charge in [-0.25, -0.2) is 8.57 Å². The highest BCUT2D eigenvalue weighted by molar-refractivity contribution is 9.10. The number of unbranched alkanes of at least 4 members (excludes halogenated alkanes) is 2. The molecule has 3 aromatic rings. The van der Waals surface area contributed by atoms with Gasteiger partial charge in [-0.2, -0.15) is 8.42 Å². The number of aliphatic hydroxyl groups is 1. The number of ether oxygens (including phenoxy) is 2. The smallest absolute Gasteiger partial charge is 0.298 e. The summed E-state index contributed by atoms with van der Waals surface area (Å²) >= 11 is 3.29. The van der Waals surface area contributed by atoms with E-state index < -0.39 is 56.7 Å². The van der Waals surface area contributed by atoms with Crippen LogP contribution in [0.5, 0.6) is 11.6 Å². The van der Waals surface area contributed by atoms with Crippen molar-refractivity contribution in [2.45, 2.75) is 68.9 Å². The number of Topliss-reactive ketones (excluding diaryl/α,β-unsaturated/α-hetero) is 2. The number of ketones is 2. The number of hydrogen-bond acceptors (Lipinski definition) is 12. The lowest BCUT2D eigenvalue weighted by Gasteiger charge is -2.50. The van der Waals surface area contributed by atoms with Crippen molar-refractivity contribution < 1.29 is 45.7 Å². The number of aliphatic hydroxyl groups excluding tert-OH is 1. The predicted molar refractivity (Wildman–Crippen MR) is 184 cm³/mol. The average molecular weight is 777 g/mol. The highest BCUT2D eigenvalue weighted by Gasteiger charge is 2.69. The molecule has 3 aliphatic carbocycles. The molecule has 12 nitrogen and oxygen atoms in total. The number of carbonyl (C=O) groups excluding carboxylic acids is 2. The van der Waals surface area contributed by atoms with Crippen molar-refractivity contribution in [3.05, 3.63) is 68.6 Å². The van der Waals surface area contributed by atoms with Gasteiger partial charge < -0.3 is 24.8 Å². The van der Waals surface area contributed by atoms with E-state index in [0.717, 1.165) is 18.9 Å². The number of halogens is 2. The fraction of sp³-hybridized carbons (Fsp3) is 0.457. The molecule has 50 heavy (non-hydrogen) atoms. The third kappa shape index (κ3) is 5.81. The standard InChI is InChI=1S/C35H39BrFN3O9S/c1-5-7-13-46-30-24(38)17-23(37)21-15-18-16-22-28(40(3)4)31-27(34(39-48-31)47-14-8-6-2)33(43)35(22,32(42)25(18)29(41)26(21)30)49-50(44,45)20-11-9-19(36)10-12-20/h9-12,17-18,22,28,41H,5-8,13-16,38H2,1-4H3/t18-,22-,28-,35-/m0/s1. The zero-order valence-corrected chi connectivity index (χ0v) is 30.5. The van der Waals surface area contributed by atoms with Gasteiger partial charge in [-0.3, -0.25) is 14.5 Å². The van der Waals surface area contributed by atoms with Gasteiger partial charge >= 0.3 is 0 Å². The van der Waals surface area contributed by atoms with Crippen LogP contribution in [-0.2, 0) is 25.5 Å². The SMILES string of the molecule is CCCCOc1noc2c1C(=O)[C@@]1(OS(=O)(=O)c3ccc(Br)cc3)C(=O)C3=C(O)c4c(c(F)cc(N)c4OCCCC)C[C@H]3C[C@H]1[C@@H]2N(C)C. The molecule has 6 rings (SSSR count). The molecule has 1 saturated carbocycles. The quantitative estimate of drug-likeness (QED) is 0.0927. The molecule has 0 saturated heterocycles. The molecule has 0 radical (unpaired) electrons. The first-order valence-corrected chi connectivity index (χ1v) is 18.7. The van der Waals surface area contributed by atoms with Gasteiger partial charge in [-0.15, -0.1) is 0 Å². The lowest BCUT2D eigenvalue weighted by molar-refractivity contribution is -0.138. The number of carbonyl (C=O) groups is 2. The maximum atomic E-state index is 15.6. The van der Waals surface area contributed by atoms with Crippen molar-refractivity contribution in [1.29, 1.82) is 0 Å². The Balaban J connectivity index is 1.60. The zero-order chi connectivity index (χ0) is 36.1. The number of anilines is 1. The van der Waals surface area contributed by atoms with Crippen LogP contribution in [0.2, 0.25) is 0 Å². The number of nitrogens with two attached hydrogens (primary N) is 1. The second-order valence-corrected chi connectivity index (χ2v) is 15.5. The normalized spacial score (nSPS) is 23.0. The molecular weight excluding hydrogens is 737 g/mol. The number of nitrogen functional groups attached to an aromatic ring is 1. The predicted octanol–water partition coefficient (Wildman–Crippen LogP) is 6.19. The second kappa shape index (κ2) is 13.7. The summed E-state index contributed by atoms with van der Waals surface area (Å²) in [6.45, 7) is 4.30. The molecule has 3 N–H and O–H groups in total. The van der Waals surface area contributed by atoms with E-state index in [1.807, 2.05) is 13.8 Å². The van der Waals surface area contributed by atoms with Crippen LogP contribution < -0.4 is 15.2 Å². The topological polar surface area (TPSA) is 171 Å². The van der Waals surface area contributed by atoms with Crippen LogP contribution in [0.4, 0.5) is 10.1 Å². The summed E-state index contributed by atoms with van der Waals surface area (Å²) in [6, 6.07) is 5.73. The van der Waals surface area contributed by atoms with E-state index in [4.69, 9.17) is 23.9 Å². The fourth-order valence-corrected chi connectivity index (χ4v) is 8.73. The molecule has 268 valence electrons. The van der Waals surface area contributed by atoms with Crippen molar-refractivity contribution in [2.75, 3.05) is 33.0 Å². The molecule has 1 heterocycles. The molecule has 2 aromatic carbocycles. The van der Waals surface area contributed by atoms with Crippen LogP contribution in [0.3, 0.4) is 0 Å². The fourth-order valence-electron chi connectivity index (χ4n) is 7.28. The van der Waals surface area contributed by atoms with Gasteiger partial charge in [-0.05, 0) is 75.1 Å². The summed E-state index contributed by atoms with van der Waals surface area (Å²) in [7, 11) is -1.46. The van der Waals surface area contributed by atoms with Gasteiger partial charge in [0, 0.05) is 27.6 Å². The van der Waals surface area contributed by atoms with E-state index in [9.17, 15) is 18.3 Å². The van der Waals surface area contributed by atoms with Crippen molar-refractivity contribution >= 4 is 49.1 Å². The van der Waals surface area contributed by atoms with Gasteiger partial charge in [0.15, 0.2) is 11.5 Å². The summed E-state index contributed by atoms with van der Waals surface area (Å²) in [5.74, 6) is -5.59. The molecule has 15 heteroatoms. The van der Waals surface area contributed by atoms with Crippen molar-refractivity contribution in [3.63, 3.8) is 0 Å². The maximum Gasteiger partial charge on any atom is 0.298 e. The third-order valence-corrected chi connectivity index (χ3v) is 11.5. The van der Waals surface area contributed by atoms with Crippen LogP contribution in [-0.4, -0.2) is 68.1 Å². The van der Waals surface area contributed by atoms with E-state index in [-0.39, 0.29) is 76.3 Å². The summed E-state index contributed by atoms with van der Waals surface area (Å²) in [4.78, 5) is 31.6. The maximum absolute atomic E-state index is 15.6. The van der Waals surface area contributed by atoms with Crippen LogP contribution in [0, 0.1) is 17.7 Å². The van der Waals surface area contributed by atoms with Crippen molar-refractivity contribution in [3.8, 4) is 11.6 Å². The highest BCUT2D eigenvalue weighted by atomic mass is 79.9. The Labute approximate surface area is 298 Å². The average Bonchev–Trinajstić information content (AvgIpc) is 3.47. The largest absolute Gasteiger partial charge is 0.507 e. The minimum atomic E-state index is -4.82. The minimum absolute atomic E-state index is 0.000235. The van der Waals surface area contributed by atoms with Gasteiger partial charge in [0.05, 0.1) is 35.4 Å². The Morgan fingerprint density at radius 3 is 2.38 bits per heavy atom. The first-order valence-electron chi connectivity index (χ1n) is 16.5. The molecule has 0 unspecified atom stereocenters. The molecule has 0 aliphatic heterocycles. The first kappa shape index (κ1) is 36.0. The number of aromatic nitrogens is 1. The summed E-state index contributed by atoms with van der Waals surface area (Å²) in [6.07, 6.45) is 2.69. The Morgan fingerprint density at radius 1 is 1.08 bits per heavy atom. The summed E-state index contributed by atoms with van der Waals surface area (Å²) < 4.78 is 67.9. The molecule has 4 atom stereocenters. The molecule has 1 fully saturated rings. The third-order valence-electron chi connectivity index (χ3n) is 9.64. The lowest BCUT2D eigenvalue weighted by Crippen LogP contribution is -2.65. The van der Waals surface area contributed by atoms with Gasteiger partial charge in [0.25, 0.3) is 16.0 Å². The number of hydrogen-bond donors (Lipinski definition) is 2. The zero-order valence-electron chi connectivity index (χ0n) is 28.1. The van der Waals surface area contributed by atoms with E-state index >= 15 is 9.18 Å². The second-order valence-electron chi connectivity index (χ2n) is 13.1. The van der Waals surface area contributed by atoms with E-state index in [2.05, 4.69) is 21.1 Å². The Kier molecular flexibility index (Phi) is 9.89. The van der Waals surface area contributed by atoms with E-state index in [1.165, 1.54) is 24.3 Å². The number of fused-ring (bicyclic) bond motifs is 4. The molecule has 3 aliphatic rings. The monoisotopic (exact) mass is 775 g/mol. The van der Waals surface area contributed by atoms with Gasteiger partial charge in [0.2, 0.25) is 17.2 Å². The Bertz CT molecular complexity index is 1980. The van der Waals surface area contributed by atoms with Gasteiger partial charge in [0.1, 0.15) is 17.1 Å². The Hall–Kier alpha value is -3.79. The number of benzene rings is 2. The summed E-state index contributed by atoms with van der Waals surface area (Å²) in [5, 5.41) is 16.0. The van der Waals surface area contributed by atoms with E-state index in [0.29, 0.717) is 17.3 Å². The van der Waals surface area contributed by atoms with Gasteiger partial charge in [-0.1, -0.05) is 42.6 Å². The molecule has 0 amide bonds. The Morgan fingerprint density at radius 2 is 1.74 bits per heavy atom. The summed E-state index contributed by atoms with van der Waals surface area (Å²) in [5.41, 5.74) is 2.86. The van der Waals surface area contributed by atoms with Crippen LogP contribution in [0.25, 0.3) is 5.76 Å². The van der Waals surface area contributed by atoms with Crippen LogP contribution in [0.1, 0.15) is 79.2 Å². The van der Waals surface area contributed by atoms with Crippen molar-refractivity contribution in [1.82, 2.24) is 10.1 Å². The lowest BCUT2D eigenvalue weighted by atomic mass is 9.57. The highest BCUT2D eigenvalue weighted by Crippen LogP contribution is 2.58. The van der Waals surface area contributed by atoms with Crippen LogP contribution in [0.15, 0.2) is 49.8 Å². The molecule has 0 spiro atoms. The van der Waals surface area contributed by atoms with E-state index in [1.54, 1.807) is 19.0 Å². The first-order chi connectivity index (χ1) is 23.8. The molecular formula is C35H39BrFN3O9S. The minimum Gasteiger partial charge on any atom is -0.507 e. The van der Waals surface area contributed by atoms with Crippen LogP contribution >= 0.6 is 15.9 Å². The van der Waals surface area contributed by atoms with Crippen molar-refractivity contribution in [2.24, 2.45) is 11.8 Å². The molecule has 1 aromatic heterocycles.